The number of rotatable bonds is 4. The molecule has 1 fully saturated rings. The van der Waals surface area contributed by atoms with E-state index in [1.54, 1.807) is 0 Å². The van der Waals surface area contributed by atoms with E-state index in [0.29, 0.717) is 15.4 Å². The molecular weight excluding hydrogens is 362 g/mol. The van der Waals surface area contributed by atoms with Gasteiger partial charge < -0.3 is 4.74 Å². The van der Waals surface area contributed by atoms with Crippen LogP contribution in [0.1, 0.15) is 19.8 Å². The Balaban J connectivity index is 2.08. The summed E-state index contributed by atoms with van der Waals surface area (Å²) in [5.74, 6) is 0. The maximum atomic E-state index is 12.1. The van der Waals surface area contributed by atoms with Crippen LogP contribution in [0.25, 0.3) is 0 Å². The molecule has 1 aromatic heterocycles. The van der Waals surface area contributed by atoms with Crippen molar-refractivity contribution in [2.24, 2.45) is 0 Å². The van der Waals surface area contributed by atoms with Crippen LogP contribution in [-0.2, 0) is 14.8 Å². The molecule has 0 spiro atoms. The van der Waals surface area contributed by atoms with Gasteiger partial charge in [-0.25, -0.2) is 13.1 Å². The van der Waals surface area contributed by atoms with Gasteiger partial charge in [0.05, 0.1) is 14.4 Å². The van der Waals surface area contributed by atoms with Crippen LogP contribution in [-0.4, -0.2) is 27.2 Å². The first-order valence-corrected chi connectivity index (χ1v) is 8.88. The first-order chi connectivity index (χ1) is 8.32. The van der Waals surface area contributed by atoms with E-state index in [9.17, 15) is 8.42 Å². The minimum atomic E-state index is -3.51. The van der Waals surface area contributed by atoms with Crippen molar-refractivity contribution in [1.82, 2.24) is 4.72 Å². The van der Waals surface area contributed by atoms with Gasteiger partial charge in [0.2, 0.25) is 10.0 Å². The second-order valence-corrected chi connectivity index (χ2v) is 9.18. The fourth-order valence-electron chi connectivity index (χ4n) is 1.75. The molecule has 1 N–H and O–H groups in total. The third-order valence-electron chi connectivity index (χ3n) is 2.82. The van der Waals surface area contributed by atoms with Gasteiger partial charge in [0.25, 0.3) is 0 Å². The second kappa shape index (κ2) is 5.38. The van der Waals surface area contributed by atoms with Crippen LogP contribution in [0.3, 0.4) is 0 Å². The lowest BCUT2D eigenvalue weighted by Gasteiger charge is -2.22. The van der Waals surface area contributed by atoms with Gasteiger partial charge in [-0.15, -0.1) is 11.3 Å². The fraction of sp³-hybridized carbons (Fsp3) is 0.600. The number of halogens is 2. The quantitative estimate of drug-likeness (QED) is 0.881. The highest BCUT2D eigenvalue weighted by Gasteiger charge is 2.31. The van der Waals surface area contributed by atoms with Gasteiger partial charge in [-0.05, 0) is 41.8 Å². The normalized spacial score (nSPS) is 24.6. The monoisotopic (exact) mass is 373 g/mol. The van der Waals surface area contributed by atoms with Crippen molar-refractivity contribution in [3.05, 3.63) is 14.9 Å². The predicted molar refractivity (Wildman–Crippen MR) is 75.8 cm³/mol. The molecule has 0 amide bonds. The zero-order valence-corrected chi connectivity index (χ0v) is 13.7. The Labute approximate surface area is 124 Å². The van der Waals surface area contributed by atoms with E-state index in [4.69, 9.17) is 16.3 Å². The number of thiophene rings is 1. The molecule has 1 unspecified atom stereocenters. The van der Waals surface area contributed by atoms with Crippen LogP contribution < -0.4 is 4.72 Å². The summed E-state index contributed by atoms with van der Waals surface area (Å²) in [5, 5.41) is 0.406. The Hall–Kier alpha value is 0.340. The maximum absolute atomic E-state index is 12.1. The lowest BCUT2D eigenvalue weighted by Crippen LogP contribution is -2.39. The van der Waals surface area contributed by atoms with Crippen molar-refractivity contribution in [1.29, 1.82) is 0 Å². The van der Waals surface area contributed by atoms with E-state index in [0.717, 1.165) is 24.2 Å². The molecule has 2 rings (SSSR count). The minimum Gasteiger partial charge on any atom is -0.374 e. The van der Waals surface area contributed by atoms with Crippen LogP contribution in [0.2, 0.25) is 5.02 Å². The topological polar surface area (TPSA) is 55.4 Å². The predicted octanol–water partition coefficient (Wildman–Crippen LogP) is 3.01. The standard InChI is InChI=1S/C10H13BrClNO3S2/c1-10(3-2-4-16-10)6-13-18(14,15)8-5-7(12)9(11)17-8/h5,13H,2-4,6H2,1H3. The SMILES string of the molecule is CC1(CNS(=O)(=O)c2cc(Cl)c(Br)s2)CCCO1. The number of hydrogen-bond donors (Lipinski definition) is 1. The Morgan fingerprint density at radius 2 is 2.39 bits per heavy atom. The largest absolute Gasteiger partial charge is 0.374 e. The number of ether oxygens (including phenoxy) is 1. The first kappa shape index (κ1) is 14.7. The highest BCUT2D eigenvalue weighted by atomic mass is 79.9. The molecule has 8 heteroatoms. The number of nitrogens with one attached hydrogen (secondary N) is 1. The Morgan fingerprint density at radius 1 is 1.67 bits per heavy atom. The smallest absolute Gasteiger partial charge is 0.250 e. The molecular formula is C10H13BrClNO3S2. The van der Waals surface area contributed by atoms with Crippen molar-refractivity contribution in [3.8, 4) is 0 Å². The van der Waals surface area contributed by atoms with Gasteiger partial charge in [0.1, 0.15) is 4.21 Å². The first-order valence-electron chi connectivity index (χ1n) is 5.41. The highest BCUT2D eigenvalue weighted by Crippen LogP contribution is 2.34. The zero-order chi connectivity index (χ0) is 13.4. The summed E-state index contributed by atoms with van der Waals surface area (Å²) in [5.41, 5.74) is -0.397. The van der Waals surface area contributed by atoms with Crippen LogP contribution >= 0.6 is 38.9 Å². The molecule has 1 atom stereocenters. The molecule has 18 heavy (non-hydrogen) atoms. The summed E-state index contributed by atoms with van der Waals surface area (Å²) >= 11 is 10.1. The lowest BCUT2D eigenvalue weighted by atomic mass is 10.0. The van der Waals surface area contributed by atoms with Crippen LogP contribution in [0.15, 0.2) is 14.1 Å². The molecule has 1 saturated heterocycles. The fourth-order valence-corrected chi connectivity index (χ4v) is 5.35. The van der Waals surface area contributed by atoms with Gasteiger partial charge in [0.15, 0.2) is 0 Å². The number of hydrogen-bond acceptors (Lipinski definition) is 4. The van der Waals surface area contributed by atoms with Gasteiger partial charge in [0, 0.05) is 13.2 Å². The lowest BCUT2D eigenvalue weighted by molar-refractivity contribution is 0.0250. The van der Waals surface area contributed by atoms with Crippen molar-refractivity contribution in [3.63, 3.8) is 0 Å². The minimum absolute atomic E-state index is 0.209. The molecule has 102 valence electrons. The number of sulfonamides is 1. The Morgan fingerprint density at radius 3 is 2.89 bits per heavy atom. The van der Waals surface area contributed by atoms with Gasteiger partial charge >= 0.3 is 0 Å². The van der Waals surface area contributed by atoms with Crippen LogP contribution in [0.5, 0.6) is 0 Å². The van der Waals surface area contributed by atoms with E-state index in [1.807, 2.05) is 6.92 Å². The van der Waals surface area contributed by atoms with Gasteiger partial charge in [-0.3, -0.25) is 0 Å². The second-order valence-electron chi connectivity index (χ2n) is 4.41. The summed E-state index contributed by atoms with van der Waals surface area (Å²) in [6.45, 7) is 2.89. The van der Waals surface area contributed by atoms with E-state index >= 15 is 0 Å². The van der Waals surface area contributed by atoms with Crippen molar-refractivity contribution in [2.45, 2.75) is 29.6 Å². The maximum Gasteiger partial charge on any atom is 0.250 e. The van der Waals surface area contributed by atoms with Crippen molar-refractivity contribution in [2.75, 3.05) is 13.2 Å². The third-order valence-corrected chi connectivity index (χ3v) is 7.17. The molecule has 0 radical (unpaired) electrons. The van der Waals surface area contributed by atoms with E-state index in [1.165, 1.54) is 6.07 Å². The Kier molecular flexibility index (Phi) is 4.40. The molecule has 1 aliphatic rings. The molecule has 0 aliphatic carbocycles. The molecule has 1 aromatic rings. The molecule has 0 bridgehead atoms. The molecule has 4 nitrogen and oxygen atoms in total. The Bertz CT molecular complexity index is 518. The third kappa shape index (κ3) is 3.26. The van der Waals surface area contributed by atoms with Gasteiger partial charge in [-0.2, -0.15) is 0 Å². The van der Waals surface area contributed by atoms with Crippen LogP contribution in [0.4, 0.5) is 0 Å². The summed E-state index contributed by atoms with van der Waals surface area (Å²) in [6.07, 6.45) is 1.83. The van der Waals surface area contributed by atoms with E-state index < -0.39 is 15.6 Å². The van der Waals surface area contributed by atoms with E-state index in [2.05, 4.69) is 20.7 Å². The molecule has 2 heterocycles. The van der Waals surface area contributed by atoms with E-state index in [-0.39, 0.29) is 10.8 Å². The molecule has 1 aliphatic heterocycles. The van der Waals surface area contributed by atoms with Crippen molar-refractivity contribution >= 4 is 48.9 Å². The highest BCUT2D eigenvalue weighted by molar-refractivity contribution is 9.11. The summed E-state index contributed by atoms with van der Waals surface area (Å²) in [4.78, 5) is 0. The summed E-state index contributed by atoms with van der Waals surface area (Å²) < 4.78 is 33.1. The zero-order valence-electron chi connectivity index (χ0n) is 9.70. The average Bonchev–Trinajstić information content (AvgIpc) is 2.86. The summed E-state index contributed by atoms with van der Waals surface area (Å²) in [7, 11) is -3.51. The average molecular weight is 375 g/mol. The van der Waals surface area contributed by atoms with Gasteiger partial charge in [-0.1, -0.05) is 11.6 Å². The molecule has 0 saturated carbocycles. The molecule has 0 aromatic carbocycles. The van der Waals surface area contributed by atoms with Crippen LogP contribution in [0, 0.1) is 0 Å². The van der Waals surface area contributed by atoms with Crippen molar-refractivity contribution < 1.29 is 13.2 Å². The summed E-state index contributed by atoms with van der Waals surface area (Å²) in [6, 6.07) is 1.44.